The Balaban J connectivity index is 1.85. The molecule has 28 heavy (non-hydrogen) atoms. The maximum atomic E-state index is 12.6. The molecule has 1 fully saturated rings. The summed E-state index contributed by atoms with van der Waals surface area (Å²) in [6.07, 6.45) is 3.17. The molecule has 0 unspecified atom stereocenters. The molecule has 160 valence electrons. The van der Waals surface area contributed by atoms with Gasteiger partial charge in [0, 0.05) is 51.3 Å². The largest absolute Gasteiger partial charge is 0.378 e. The van der Waals surface area contributed by atoms with Crippen LogP contribution in [0.15, 0.2) is 21.3 Å². The first kappa shape index (κ1) is 23.1. The van der Waals surface area contributed by atoms with Gasteiger partial charge in [-0.15, -0.1) is 11.3 Å². The molecule has 1 aromatic heterocycles. The highest BCUT2D eigenvalue weighted by atomic mass is 32.2. The van der Waals surface area contributed by atoms with Crippen LogP contribution in [-0.2, 0) is 21.2 Å². The summed E-state index contributed by atoms with van der Waals surface area (Å²) in [6, 6.07) is 3.64. The van der Waals surface area contributed by atoms with Crippen LogP contribution in [0, 0.1) is 0 Å². The van der Waals surface area contributed by atoms with E-state index in [2.05, 4.69) is 15.2 Å². The molecule has 1 aliphatic rings. The van der Waals surface area contributed by atoms with Crippen molar-refractivity contribution >= 4 is 27.3 Å². The van der Waals surface area contributed by atoms with Crippen molar-refractivity contribution in [2.75, 3.05) is 46.4 Å². The van der Waals surface area contributed by atoms with Crippen LogP contribution in [0.4, 0.5) is 0 Å². The summed E-state index contributed by atoms with van der Waals surface area (Å²) >= 11 is 1.36. The number of sulfonamides is 1. The Morgan fingerprint density at radius 2 is 1.96 bits per heavy atom. The minimum absolute atomic E-state index is 0.358. The van der Waals surface area contributed by atoms with Crippen molar-refractivity contribution in [1.29, 1.82) is 0 Å². The monoisotopic (exact) mass is 430 g/mol. The lowest BCUT2D eigenvalue weighted by Crippen LogP contribution is -2.47. The Bertz CT molecular complexity index is 721. The number of aliphatic imine (C=N–C) groups is 1. The molecular formula is C19H34N4O3S2. The number of hydrogen-bond donors (Lipinski definition) is 1. The van der Waals surface area contributed by atoms with Crippen LogP contribution in [-0.4, -0.2) is 76.1 Å². The van der Waals surface area contributed by atoms with E-state index in [0.717, 1.165) is 56.3 Å². The van der Waals surface area contributed by atoms with E-state index in [9.17, 15) is 8.42 Å². The first-order chi connectivity index (χ1) is 13.5. The van der Waals surface area contributed by atoms with Crippen LogP contribution in [0.25, 0.3) is 0 Å². The Hall–Kier alpha value is -1.16. The summed E-state index contributed by atoms with van der Waals surface area (Å²) in [7, 11) is -1.56. The highest BCUT2D eigenvalue weighted by Gasteiger charge is 2.24. The van der Waals surface area contributed by atoms with Crippen molar-refractivity contribution in [3.05, 3.63) is 17.0 Å². The zero-order valence-corrected chi connectivity index (χ0v) is 19.1. The van der Waals surface area contributed by atoms with Gasteiger partial charge in [0.15, 0.2) is 5.96 Å². The van der Waals surface area contributed by atoms with E-state index in [1.807, 2.05) is 26.8 Å². The molecule has 9 heteroatoms. The molecule has 0 aliphatic carbocycles. The molecule has 0 aromatic carbocycles. The maximum Gasteiger partial charge on any atom is 0.252 e. The van der Waals surface area contributed by atoms with Crippen LogP contribution in [0.5, 0.6) is 0 Å². The molecule has 2 rings (SSSR count). The SMILES string of the molecule is CCOC1CCN(C(=NC)NCCc2ccc(S(=O)(=O)N(CC)CC)s2)CC1. The molecule has 0 atom stereocenters. The number of likely N-dealkylation sites (tertiary alicyclic amines) is 1. The lowest BCUT2D eigenvalue weighted by molar-refractivity contribution is 0.0264. The van der Waals surface area contributed by atoms with Crippen LogP contribution in [0.3, 0.4) is 0 Å². The first-order valence-electron chi connectivity index (χ1n) is 10.1. The predicted octanol–water partition coefficient (Wildman–Crippen LogP) is 2.40. The van der Waals surface area contributed by atoms with Gasteiger partial charge in [-0.3, -0.25) is 4.99 Å². The number of rotatable bonds is 9. The Labute approximate surface area is 173 Å². The van der Waals surface area contributed by atoms with E-state index >= 15 is 0 Å². The van der Waals surface area contributed by atoms with Gasteiger partial charge in [-0.05, 0) is 38.3 Å². The standard InChI is InChI=1S/C19H34N4O3S2/c1-5-23(6-2)28(24,25)18-9-8-17(27-18)10-13-21-19(20-4)22-14-11-16(12-15-22)26-7-3/h8-9,16H,5-7,10-15H2,1-4H3,(H,20,21). The second-order valence-electron chi connectivity index (χ2n) is 6.68. The second-order valence-corrected chi connectivity index (χ2v) is 10.0. The number of hydrogen-bond acceptors (Lipinski definition) is 5. The third kappa shape index (κ3) is 5.92. The summed E-state index contributed by atoms with van der Waals surface area (Å²) in [6.45, 7) is 10.1. The van der Waals surface area contributed by atoms with Gasteiger partial charge in [0.25, 0.3) is 10.0 Å². The summed E-state index contributed by atoms with van der Waals surface area (Å²) in [4.78, 5) is 7.72. The molecule has 1 aliphatic heterocycles. The summed E-state index contributed by atoms with van der Waals surface area (Å²) in [5, 5.41) is 3.41. The van der Waals surface area contributed by atoms with Gasteiger partial charge < -0.3 is 15.0 Å². The topological polar surface area (TPSA) is 74.2 Å². The van der Waals surface area contributed by atoms with Crippen LogP contribution < -0.4 is 5.32 Å². The third-order valence-corrected chi connectivity index (χ3v) is 8.61. The second kappa shape index (κ2) is 11.1. The minimum Gasteiger partial charge on any atom is -0.378 e. The lowest BCUT2D eigenvalue weighted by atomic mass is 10.1. The number of nitrogens with zero attached hydrogens (tertiary/aromatic N) is 3. The van der Waals surface area contributed by atoms with E-state index in [0.29, 0.717) is 23.4 Å². The molecule has 2 heterocycles. The minimum atomic E-state index is -3.37. The number of ether oxygens (including phenoxy) is 1. The zero-order chi connectivity index (χ0) is 20.6. The summed E-state index contributed by atoms with van der Waals surface area (Å²) in [5.41, 5.74) is 0. The smallest absolute Gasteiger partial charge is 0.252 e. The molecule has 0 bridgehead atoms. The normalized spacial score (nSPS) is 16.8. The van der Waals surface area contributed by atoms with Gasteiger partial charge in [-0.2, -0.15) is 4.31 Å². The van der Waals surface area contributed by atoms with E-state index in [-0.39, 0.29) is 0 Å². The molecule has 1 N–H and O–H groups in total. The van der Waals surface area contributed by atoms with Crippen LogP contribution in [0.2, 0.25) is 0 Å². The Morgan fingerprint density at radius 1 is 1.29 bits per heavy atom. The Kier molecular flexibility index (Phi) is 9.20. The predicted molar refractivity (Wildman–Crippen MR) is 116 cm³/mol. The lowest BCUT2D eigenvalue weighted by Gasteiger charge is -2.34. The molecule has 0 radical (unpaired) electrons. The highest BCUT2D eigenvalue weighted by Crippen LogP contribution is 2.25. The fraction of sp³-hybridized carbons (Fsp3) is 0.737. The molecule has 1 saturated heterocycles. The van der Waals surface area contributed by atoms with Crippen molar-refractivity contribution < 1.29 is 13.2 Å². The van der Waals surface area contributed by atoms with Gasteiger partial charge in [-0.25, -0.2) is 8.42 Å². The van der Waals surface area contributed by atoms with Gasteiger partial charge in [0.05, 0.1) is 6.10 Å². The van der Waals surface area contributed by atoms with Crippen molar-refractivity contribution in [3.8, 4) is 0 Å². The van der Waals surface area contributed by atoms with E-state index in [1.54, 1.807) is 13.1 Å². The van der Waals surface area contributed by atoms with Gasteiger partial charge in [0.1, 0.15) is 4.21 Å². The van der Waals surface area contributed by atoms with Crippen molar-refractivity contribution in [3.63, 3.8) is 0 Å². The molecule has 0 spiro atoms. The summed E-state index contributed by atoms with van der Waals surface area (Å²) in [5.74, 6) is 0.905. The van der Waals surface area contributed by atoms with Gasteiger partial charge in [0.2, 0.25) is 0 Å². The number of guanidine groups is 1. The van der Waals surface area contributed by atoms with Crippen molar-refractivity contribution in [2.45, 2.75) is 50.3 Å². The van der Waals surface area contributed by atoms with E-state index < -0.39 is 10.0 Å². The quantitative estimate of drug-likeness (QED) is 0.481. The molecule has 1 aromatic rings. The van der Waals surface area contributed by atoms with Crippen LogP contribution >= 0.6 is 11.3 Å². The molecule has 0 saturated carbocycles. The van der Waals surface area contributed by atoms with E-state index in [4.69, 9.17) is 4.74 Å². The first-order valence-corrected chi connectivity index (χ1v) is 12.4. The van der Waals surface area contributed by atoms with E-state index in [1.165, 1.54) is 15.6 Å². The van der Waals surface area contributed by atoms with Crippen molar-refractivity contribution in [2.24, 2.45) is 4.99 Å². The fourth-order valence-electron chi connectivity index (χ4n) is 3.42. The highest BCUT2D eigenvalue weighted by molar-refractivity contribution is 7.91. The average Bonchev–Trinajstić information content (AvgIpc) is 3.17. The number of piperidine rings is 1. The molecule has 0 amide bonds. The van der Waals surface area contributed by atoms with Crippen molar-refractivity contribution in [1.82, 2.24) is 14.5 Å². The third-order valence-electron chi connectivity index (χ3n) is 4.95. The average molecular weight is 431 g/mol. The zero-order valence-electron chi connectivity index (χ0n) is 17.5. The van der Waals surface area contributed by atoms with Gasteiger partial charge >= 0.3 is 0 Å². The number of nitrogens with one attached hydrogen (secondary N) is 1. The molecular weight excluding hydrogens is 396 g/mol. The molecule has 7 nitrogen and oxygen atoms in total. The number of thiophene rings is 1. The fourth-order valence-corrected chi connectivity index (χ4v) is 6.39. The van der Waals surface area contributed by atoms with Gasteiger partial charge in [-0.1, -0.05) is 13.8 Å². The Morgan fingerprint density at radius 3 is 2.54 bits per heavy atom. The summed E-state index contributed by atoms with van der Waals surface area (Å²) < 4.78 is 32.8. The van der Waals surface area contributed by atoms with Crippen LogP contribution in [0.1, 0.15) is 38.5 Å². The maximum absolute atomic E-state index is 12.6.